The number of benzene rings is 2. The third-order valence-corrected chi connectivity index (χ3v) is 6.26. The molecule has 0 atom stereocenters. The van der Waals surface area contributed by atoms with Gasteiger partial charge in [0.2, 0.25) is 15.9 Å². The van der Waals surface area contributed by atoms with Crippen LogP contribution in [0.2, 0.25) is 0 Å². The minimum atomic E-state index is -3.56. The third-order valence-electron chi connectivity index (χ3n) is 4.45. The van der Waals surface area contributed by atoms with Gasteiger partial charge in [-0.1, -0.05) is 51.1 Å². The summed E-state index contributed by atoms with van der Waals surface area (Å²) in [4.78, 5) is 12.4. The van der Waals surface area contributed by atoms with Gasteiger partial charge in [0, 0.05) is 25.9 Å². The second-order valence-electron chi connectivity index (χ2n) is 7.96. The van der Waals surface area contributed by atoms with Gasteiger partial charge < -0.3 is 5.32 Å². The summed E-state index contributed by atoms with van der Waals surface area (Å²) in [5.41, 5.74) is 3.48. The molecule has 0 aliphatic carbocycles. The van der Waals surface area contributed by atoms with Crippen molar-refractivity contribution in [3.63, 3.8) is 0 Å². The van der Waals surface area contributed by atoms with Gasteiger partial charge in [0.1, 0.15) is 0 Å². The second kappa shape index (κ2) is 8.29. The van der Waals surface area contributed by atoms with E-state index in [0.717, 1.165) is 15.4 Å². The van der Waals surface area contributed by atoms with E-state index in [1.807, 2.05) is 19.1 Å². The molecule has 0 aliphatic rings. The summed E-state index contributed by atoms with van der Waals surface area (Å²) in [6.45, 7) is 8.27. The van der Waals surface area contributed by atoms with E-state index in [2.05, 4.69) is 38.2 Å². The predicted octanol–water partition coefficient (Wildman–Crippen LogP) is 4.19. The van der Waals surface area contributed by atoms with Crippen molar-refractivity contribution in [2.45, 2.75) is 38.0 Å². The van der Waals surface area contributed by atoms with Gasteiger partial charge in [-0.2, -0.15) is 0 Å². The van der Waals surface area contributed by atoms with Gasteiger partial charge in [-0.05, 0) is 47.2 Å². The summed E-state index contributed by atoms with van der Waals surface area (Å²) in [5, 5.41) is 2.76. The molecule has 0 bridgehead atoms. The van der Waals surface area contributed by atoms with Gasteiger partial charge in [-0.3, -0.25) is 4.79 Å². The highest BCUT2D eigenvalue weighted by Crippen LogP contribution is 2.23. The summed E-state index contributed by atoms with van der Waals surface area (Å²) < 4.78 is 25.7. The molecule has 0 aromatic heterocycles. The van der Waals surface area contributed by atoms with Gasteiger partial charge in [0.25, 0.3) is 0 Å². The molecule has 0 fully saturated rings. The maximum absolute atomic E-state index is 12.3. The Morgan fingerprint density at radius 3 is 2.18 bits per heavy atom. The van der Waals surface area contributed by atoms with Gasteiger partial charge in [0.15, 0.2) is 0 Å². The Balaban J connectivity index is 2.16. The smallest absolute Gasteiger partial charge is 0.248 e. The third kappa shape index (κ3) is 5.30. The van der Waals surface area contributed by atoms with Crippen LogP contribution >= 0.6 is 0 Å². The Morgan fingerprint density at radius 2 is 1.64 bits per heavy atom. The zero-order valence-corrected chi connectivity index (χ0v) is 18.1. The predicted molar refractivity (Wildman–Crippen MR) is 115 cm³/mol. The van der Waals surface area contributed by atoms with Crippen LogP contribution in [0.3, 0.4) is 0 Å². The van der Waals surface area contributed by atoms with Crippen LogP contribution in [0.25, 0.3) is 6.08 Å². The van der Waals surface area contributed by atoms with Crippen LogP contribution in [0.15, 0.2) is 53.4 Å². The number of anilines is 1. The lowest BCUT2D eigenvalue weighted by molar-refractivity contribution is -0.111. The molecule has 2 aromatic rings. The molecule has 6 heteroatoms. The van der Waals surface area contributed by atoms with Crippen LogP contribution in [0.5, 0.6) is 0 Å². The molecule has 0 unspecified atom stereocenters. The van der Waals surface area contributed by atoms with Crippen molar-refractivity contribution in [3.8, 4) is 0 Å². The van der Waals surface area contributed by atoms with E-state index < -0.39 is 10.0 Å². The molecule has 150 valence electrons. The molecule has 0 aliphatic heterocycles. The Hall–Kier alpha value is -2.44. The Bertz CT molecular complexity index is 983. The molecule has 1 amide bonds. The maximum Gasteiger partial charge on any atom is 0.248 e. The van der Waals surface area contributed by atoms with Gasteiger partial charge in [-0.15, -0.1) is 0 Å². The van der Waals surface area contributed by atoms with Crippen LogP contribution in [0.1, 0.15) is 37.5 Å². The van der Waals surface area contributed by atoms with Crippen LogP contribution in [-0.4, -0.2) is 32.7 Å². The average Bonchev–Trinajstić information content (AvgIpc) is 2.61. The fourth-order valence-electron chi connectivity index (χ4n) is 2.55. The lowest BCUT2D eigenvalue weighted by Gasteiger charge is -2.18. The van der Waals surface area contributed by atoms with E-state index in [1.165, 1.54) is 37.9 Å². The number of carbonyl (C=O) groups is 1. The van der Waals surface area contributed by atoms with Crippen molar-refractivity contribution in [2.24, 2.45) is 0 Å². The molecule has 0 saturated carbocycles. The number of rotatable bonds is 5. The number of hydrogen-bond acceptors (Lipinski definition) is 3. The fraction of sp³-hybridized carbons (Fsp3) is 0.318. The standard InChI is InChI=1S/C22H28N2O3S/c1-16-7-13-19(28(26,27)24(5)6)15-20(16)23-21(25)14-10-17-8-11-18(12-9-17)22(2,3)4/h7-15H,1-6H3,(H,23,25)/b14-10+. The molecule has 2 aromatic carbocycles. The van der Waals surface area contributed by atoms with E-state index in [0.29, 0.717) is 5.69 Å². The summed E-state index contributed by atoms with van der Waals surface area (Å²) in [7, 11) is -0.613. The van der Waals surface area contributed by atoms with Crippen LogP contribution < -0.4 is 5.32 Å². The average molecular weight is 401 g/mol. The molecule has 0 spiro atoms. The molecular formula is C22H28N2O3S. The summed E-state index contributed by atoms with van der Waals surface area (Å²) in [5.74, 6) is -0.317. The topological polar surface area (TPSA) is 66.5 Å². The molecule has 28 heavy (non-hydrogen) atoms. The fourth-order valence-corrected chi connectivity index (χ4v) is 3.48. The van der Waals surface area contributed by atoms with E-state index in [1.54, 1.807) is 12.1 Å². The first-order chi connectivity index (χ1) is 12.9. The van der Waals surface area contributed by atoms with E-state index in [4.69, 9.17) is 0 Å². The second-order valence-corrected chi connectivity index (χ2v) is 10.1. The van der Waals surface area contributed by atoms with Gasteiger partial charge in [-0.25, -0.2) is 12.7 Å². The van der Waals surface area contributed by atoms with Crippen LogP contribution in [-0.2, 0) is 20.2 Å². The number of aryl methyl sites for hydroxylation is 1. The normalized spacial score (nSPS) is 12.5. The Labute approximate surface area is 168 Å². The molecule has 0 saturated heterocycles. The van der Waals surface area contributed by atoms with Crippen molar-refractivity contribution >= 4 is 27.7 Å². The van der Waals surface area contributed by atoms with Gasteiger partial charge >= 0.3 is 0 Å². The number of hydrogen-bond donors (Lipinski definition) is 1. The highest BCUT2D eigenvalue weighted by atomic mass is 32.2. The first-order valence-electron chi connectivity index (χ1n) is 9.04. The minimum absolute atomic E-state index is 0.0784. The first-order valence-corrected chi connectivity index (χ1v) is 10.5. The maximum atomic E-state index is 12.3. The molecule has 1 N–H and O–H groups in total. The molecule has 2 rings (SSSR count). The number of nitrogens with one attached hydrogen (secondary N) is 1. The van der Waals surface area contributed by atoms with Crippen LogP contribution in [0, 0.1) is 6.92 Å². The van der Waals surface area contributed by atoms with E-state index >= 15 is 0 Å². The Morgan fingerprint density at radius 1 is 1.04 bits per heavy atom. The number of sulfonamides is 1. The summed E-state index contributed by atoms with van der Waals surface area (Å²) in [6, 6.07) is 12.7. The quantitative estimate of drug-likeness (QED) is 0.765. The van der Waals surface area contributed by atoms with Crippen LogP contribution in [0.4, 0.5) is 5.69 Å². The van der Waals surface area contributed by atoms with Crippen molar-refractivity contribution in [3.05, 3.63) is 65.2 Å². The van der Waals surface area contributed by atoms with E-state index in [9.17, 15) is 13.2 Å². The highest BCUT2D eigenvalue weighted by molar-refractivity contribution is 7.89. The molecular weight excluding hydrogens is 372 g/mol. The van der Waals surface area contributed by atoms with Crippen molar-refractivity contribution < 1.29 is 13.2 Å². The molecule has 0 radical (unpaired) electrons. The minimum Gasteiger partial charge on any atom is -0.322 e. The molecule has 0 heterocycles. The lowest BCUT2D eigenvalue weighted by Crippen LogP contribution is -2.22. The van der Waals surface area contributed by atoms with Crippen molar-refractivity contribution in [1.82, 2.24) is 4.31 Å². The number of amides is 1. The first kappa shape index (κ1) is 21.9. The SMILES string of the molecule is Cc1ccc(S(=O)(=O)N(C)C)cc1NC(=O)/C=C/c1ccc(C(C)(C)C)cc1. The summed E-state index contributed by atoms with van der Waals surface area (Å²) in [6.07, 6.45) is 3.18. The number of nitrogens with zero attached hydrogens (tertiary/aromatic N) is 1. The lowest BCUT2D eigenvalue weighted by atomic mass is 9.87. The monoisotopic (exact) mass is 400 g/mol. The number of carbonyl (C=O) groups excluding carboxylic acids is 1. The summed E-state index contributed by atoms with van der Waals surface area (Å²) >= 11 is 0. The Kier molecular flexibility index (Phi) is 6.47. The highest BCUT2D eigenvalue weighted by Gasteiger charge is 2.18. The van der Waals surface area contributed by atoms with E-state index in [-0.39, 0.29) is 16.2 Å². The zero-order chi connectivity index (χ0) is 21.1. The molecule has 5 nitrogen and oxygen atoms in total. The largest absolute Gasteiger partial charge is 0.322 e. The zero-order valence-electron chi connectivity index (χ0n) is 17.3. The van der Waals surface area contributed by atoms with Gasteiger partial charge in [0.05, 0.1) is 4.90 Å². The van der Waals surface area contributed by atoms with Crippen molar-refractivity contribution in [2.75, 3.05) is 19.4 Å². The van der Waals surface area contributed by atoms with Crippen molar-refractivity contribution in [1.29, 1.82) is 0 Å².